The molecule has 0 aliphatic heterocycles. The van der Waals surface area contributed by atoms with Crippen LogP contribution in [0.2, 0.25) is 10.0 Å². The number of aromatic carboxylic acids is 1. The predicted molar refractivity (Wildman–Crippen MR) is 148 cm³/mol. The van der Waals surface area contributed by atoms with E-state index in [4.69, 9.17) is 32.5 Å². The first kappa shape index (κ1) is 26.3. The minimum absolute atomic E-state index is 0.0981. The van der Waals surface area contributed by atoms with Crippen LogP contribution in [-0.2, 0) is 16.9 Å². The highest BCUT2D eigenvalue weighted by molar-refractivity contribution is 7.18. The van der Waals surface area contributed by atoms with Crippen LogP contribution in [0.15, 0.2) is 34.9 Å². The van der Waals surface area contributed by atoms with Crippen molar-refractivity contribution in [2.24, 2.45) is 11.8 Å². The fourth-order valence-electron chi connectivity index (χ4n) is 6.52. The molecule has 2 bridgehead atoms. The smallest absolute Gasteiger partial charge is 0.335 e. The van der Waals surface area contributed by atoms with Gasteiger partial charge in [-0.3, -0.25) is 0 Å². The molecule has 7 rings (SSSR count). The molecule has 2 unspecified atom stereocenters. The van der Waals surface area contributed by atoms with Gasteiger partial charge in [-0.05, 0) is 74.6 Å². The average Bonchev–Trinajstić information content (AvgIpc) is 3.49. The Bertz CT molecular complexity index is 1620. The number of nitrogens with zero attached hydrogens (tertiary/aromatic N) is 2. The van der Waals surface area contributed by atoms with Crippen LogP contribution in [0, 0.1) is 17.7 Å². The van der Waals surface area contributed by atoms with Crippen LogP contribution in [0.5, 0.6) is 0 Å². The largest absolute Gasteiger partial charge is 0.478 e. The quantitative estimate of drug-likeness (QED) is 0.225. The summed E-state index contributed by atoms with van der Waals surface area (Å²) in [5.41, 5.74) is 0.858. The monoisotopic (exact) mass is 602 g/mol. The Morgan fingerprint density at radius 2 is 1.85 bits per heavy atom. The summed E-state index contributed by atoms with van der Waals surface area (Å²) < 4.78 is 27.3. The number of hydrogen-bond donors (Lipinski definition) is 2. The Labute approximate surface area is 242 Å². The summed E-state index contributed by atoms with van der Waals surface area (Å²) in [5.74, 6) is -0.985. The molecule has 2 aromatic heterocycles. The molecule has 0 amide bonds. The van der Waals surface area contributed by atoms with Gasteiger partial charge in [0.1, 0.15) is 27.6 Å². The van der Waals surface area contributed by atoms with E-state index < -0.39 is 17.4 Å². The van der Waals surface area contributed by atoms with Crippen LogP contribution in [0.4, 0.5) is 4.39 Å². The lowest BCUT2D eigenvalue weighted by molar-refractivity contribution is -0.116. The van der Waals surface area contributed by atoms with E-state index in [0.29, 0.717) is 56.4 Å². The molecule has 2 N–H and O–H groups in total. The van der Waals surface area contributed by atoms with Crippen LogP contribution in [0.25, 0.3) is 21.5 Å². The van der Waals surface area contributed by atoms with Crippen LogP contribution in [-0.4, -0.2) is 32.4 Å². The lowest BCUT2D eigenvalue weighted by atomic mass is 9.73. The van der Waals surface area contributed by atoms with Crippen LogP contribution in [0.1, 0.15) is 71.1 Å². The van der Waals surface area contributed by atoms with Crippen molar-refractivity contribution < 1.29 is 28.7 Å². The number of benzene rings is 2. The molecule has 7 nitrogen and oxygen atoms in total. The van der Waals surface area contributed by atoms with Crippen molar-refractivity contribution in [3.63, 3.8) is 0 Å². The Kier molecular flexibility index (Phi) is 6.44. The molecule has 3 aliphatic carbocycles. The highest BCUT2D eigenvalue weighted by Crippen LogP contribution is 2.57. The second-order valence-corrected chi connectivity index (χ2v) is 12.9. The van der Waals surface area contributed by atoms with E-state index in [1.54, 1.807) is 18.2 Å². The van der Waals surface area contributed by atoms with E-state index in [1.807, 2.05) is 0 Å². The standard InChI is InChI=1S/C29H25Cl2FN2O5S/c30-19-2-1-3-20(31)23(19)24-18(26(39-34-24)13-4-5-13)12-38-17-10-15-6-7-16(11-17)29(15,37)28-33-25-21(32)8-14(27(35)36)9-22(25)40-28/h1-3,8-9,13,15-17,37H,4-7,10-12H2,(H,35,36). The predicted octanol–water partition coefficient (Wildman–Crippen LogP) is 7.57. The van der Waals surface area contributed by atoms with E-state index in [9.17, 15) is 19.4 Å². The van der Waals surface area contributed by atoms with Crippen molar-refractivity contribution in [1.82, 2.24) is 10.1 Å². The number of aliphatic hydroxyl groups is 1. The first-order valence-electron chi connectivity index (χ1n) is 13.3. The Balaban J connectivity index is 1.14. The zero-order valence-electron chi connectivity index (χ0n) is 21.2. The first-order chi connectivity index (χ1) is 19.2. The molecular formula is C29H25Cl2FN2O5S. The maximum atomic E-state index is 14.7. The lowest BCUT2D eigenvalue weighted by Gasteiger charge is -2.41. The number of halogens is 3. The van der Waals surface area contributed by atoms with E-state index in [0.717, 1.165) is 43.1 Å². The second kappa shape index (κ2) is 9.77. The first-order valence-corrected chi connectivity index (χ1v) is 14.9. The summed E-state index contributed by atoms with van der Waals surface area (Å²) in [6, 6.07) is 7.73. The Hall–Kier alpha value is -2.56. The number of aromatic nitrogens is 2. The number of ether oxygens (including phenoxy) is 1. The third kappa shape index (κ3) is 4.25. The fraction of sp³-hybridized carbons (Fsp3) is 0.414. The molecule has 0 spiro atoms. The number of hydrogen-bond acceptors (Lipinski definition) is 7. The molecule has 3 aliphatic rings. The van der Waals surface area contributed by atoms with Gasteiger partial charge in [0, 0.05) is 17.0 Å². The van der Waals surface area contributed by atoms with Gasteiger partial charge in [-0.1, -0.05) is 34.4 Å². The zero-order valence-corrected chi connectivity index (χ0v) is 23.5. The number of rotatable bonds is 7. The summed E-state index contributed by atoms with van der Waals surface area (Å²) in [4.78, 5) is 15.9. The molecule has 40 heavy (non-hydrogen) atoms. The van der Waals surface area contributed by atoms with Crippen LogP contribution < -0.4 is 0 Å². The number of carbonyl (C=O) groups is 1. The maximum Gasteiger partial charge on any atom is 0.335 e. The van der Waals surface area contributed by atoms with Crippen molar-refractivity contribution in [2.75, 3.05) is 0 Å². The van der Waals surface area contributed by atoms with Crippen LogP contribution >= 0.6 is 34.5 Å². The molecule has 2 aromatic carbocycles. The molecule has 3 saturated carbocycles. The van der Waals surface area contributed by atoms with Gasteiger partial charge in [0.15, 0.2) is 5.82 Å². The van der Waals surface area contributed by atoms with Gasteiger partial charge in [0.2, 0.25) is 0 Å². The molecule has 3 fully saturated rings. The summed E-state index contributed by atoms with van der Waals surface area (Å²) in [7, 11) is 0. The van der Waals surface area contributed by atoms with Crippen molar-refractivity contribution in [3.8, 4) is 11.3 Å². The SMILES string of the molecule is O=C(O)c1cc(F)c2nc(C3(O)C4CCC3CC(OCc3c(-c5c(Cl)cccc5Cl)noc3C3CC3)C4)sc2c1. The number of carboxylic acid groups (broad SMARTS) is 1. The summed E-state index contributed by atoms with van der Waals surface area (Å²) >= 11 is 14.2. The minimum atomic E-state index is -1.20. The van der Waals surface area contributed by atoms with Crippen LogP contribution in [0.3, 0.4) is 0 Å². The van der Waals surface area contributed by atoms with Crippen molar-refractivity contribution in [2.45, 2.75) is 62.8 Å². The number of fused-ring (bicyclic) bond motifs is 3. The van der Waals surface area contributed by atoms with E-state index in [2.05, 4.69) is 10.1 Å². The molecule has 0 saturated heterocycles. The second-order valence-electron chi connectivity index (χ2n) is 11.1. The summed E-state index contributed by atoms with van der Waals surface area (Å²) in [6.07, 6.45) is 4.83. The fourth-order valence-corrected chi connectivity index (χ4v) is 8.36. The zero-order chi connectivity index (χ0) is 27.8. The van der Waals surface area contributed by atoms with Gasteiger partial charge in [0.05, 0.1) is 33.0 Å². The van der Waals surface area contributed by atoms with Gasteiger partial charge in [0.25, 0.3) is 0 Å². The summed E-state index contributed by atoms with van der Waals surface area (Å²) in [5, 5.41) is 27.0. The maximum absolute atomic E-state index is 14.7. The van der Waals surface area contributed by atoms with E-state index >= 15 is 0 Å². The van der Waals surface area contributed by atoms with Gasteiger partial charge >= 0.3 is 5.97 Å². The van der Waals surface area contributed by atoms with E-state index in [1.165, 1.54) is 17.4 Å². The molecule has 4 aromatic rings. The number of thiazole rings is 1. The molecule has 2 atom stereocenters. The van der Waals surface area contributed by atoms with Crippen molar-refractivity contribution >= 4 is 50.7 Å². The summed E-state index contributed by atoms with van der Waals surface area (Å²) in [6.45, 7) is 0.291. The topological polar surface area (TPSA) is 106 Å². The average molecular weight is 603 g/mol. The molecule has 208 valence electrons. The van der Waals surface area contributed by atoms with Crippen molar-refractivity contribution in [3.05, 3.63) is 68.1 Å². The van der Waals surface area contributed by atoms with Gasteiger partial charge in [-0.15, -0.1) is 11.3 Å². The highest BCUT2D eigenvalue weighted by atomic mass is 35.5. The third-order valence-electron chi connectivity index (χ3n) is 8.67. The molecule has 0 radical (unpaired) electrons. The lowest BCUT2D eigenvalue weighted by Crippen LogP contribution is -2.44. The molecule has 2 heterocycles. The van der Waals surface area contributed by atoms with Gasteiger partial charge in [-0.25, -0.2) is 14.2 Å². The molecule has 11 heteroatoms. The minimum Gasteiger partial charge on any atom is -0.478 e. The normalized spacial score (nSPS) is 26.1. The van der Waals surface area contributed by atoms with Gasteiger partial charge < -0.3 is 19.5 Å². The molecular weight excluding hydrogens is 578 g/mol. The van der Waals surface area contributed by atoms with Crippen molar-refractivity contribution in [1.29, 1.82) is 0 Å². The highest BCUT2D eigenvalue weighted by Gasteiger charge is 2.56. The van der Waals surface area contributed by atoms with E-state index in [-0.39, 0.29) is 29.0 Å². The number of carboxylic acids is 1. The van der Waals surface area contributed by atoms with Gasteiger partial charge in [-0.2, -0.15) is 0 Å². The Morgan fingerprint density at radius 1 is 1.15 bits per heavy atom. The third-order valence-corrected chi connectivity index (χ3v) is 10.4. The Morgan fingerprint density at radius 3 is 2.50 bits per heavy atom.